The van der Waals surface area contributed by atoms with Gasteiger partial charge in [0.2, 0.25) is 0 Å². The molecular weight excluding hydrogens is 268 g/mol. The number of nitrogens with two attached hydrogens (primary N) is 1. The van der Waals surface area contributed by atoms with E-state index in [1.165, 1.54) is 26.4 Å². The van der Waals surface area contributed by atoms with Crippen molar-refractivity contribution in [3.63, 3.8) is 0 Å². The van der Waals surface area contributed by atoms with E-state index in [9.17, 15) is 9.90 Å². The lowest BCUT2D eigenvalue weighted by atomic mass is 9.84. The highest BCUT2D eigenvalue weighted by Gasteiger charge is 2.25. The third-order valence-electron chi connectivity index (χ3n) is 4.25. The van der Waals surface area contributed by atoms with E-state index in [2.05, 4.69) is 5.32 Å². The Balaban J connectivity index is 2.08. The Morgan fingerprint density at radius 3 is 2.76 bits per heavy atom. The van der Waals surface area contributed by atoms with Crippen LogP contribution in [0.5, 0.6) is 11.5 Å². The second kappa shape index (κ2) is 7.31. The molecule has 1 saturated carbocycles. The SMILES string of the molecule is COc1cccc(C(=O)NC(CN)C2CCCCC2)c1O. The fraction of sp³-hybridized carbons (Fsp3) is 0.562. The van der Waals surface area contributed by atoms with Gasteiger partial charge in [-0.05, 0) is 30.9 Å². The van der Waals surface area contributed by atoms with Crippen molar-refractivity contribution in [1.82, 2.24) is 5.32 Å². The van der Waals surface area contributed by atoms with Crippen molar-refractivity contribution in [2.24, 2.45) is 11.7 Å². The van der Waals surface area contributed by atoms with Crippen LogP contribution in [0, 0.1) is 5.92 Å². The minimum atomic E-state index is -0.299. The Bertz CT molecular complexity index is 484. The summed E-state index contributed by atoms with van der Waals surface area (Å²) in [5.74, 6) is 0.300. The van der Waals surface area contributed by atoms with E-state index >= 15 is 0 Å². The number of amides is 1. The van der Waals surface area contributed by atoms with Crippen molar-refractivity contribution in [2.75, 3.05) is 13.7 Å². The average Bonchev–Trinajstić information content (AvgIpc) is 2.53. The number of hydrogen-bond acceptors (Lipinski definition) is 4. The predicted octanol–water partition coefficient (Wildman–Crippen LogP) is 2.04. The zero-order valence-corrected chi connectivity index (χ0v) is 12.5. The number of methoxy groups -OCH3 is 1. The molecule has 0 heterocycles. The molecule has 1 aromatic carbocycles. The van der Waals surface area contributed by atoms with Crippen molar-refractivity contribution in [3.8, 4) is 11.5 Å². The fourth-order valence-corrected chi connectivity index (χ4v) is 3.02. The maximum absolute atomic E-state index is 12.4. The minimum absolute atomic E-state index is 0.0385. The summed E-state index contributed by atoms with van der Waals surface area (Å²) in [5.41, 5.74) is 6.05. The molecule has 0 bridgehead atoms. The molecule has 0 spiro atoms. The molecule has 0 radical (unpaired) electrons. The van der Waals surface area contributed by atoms with E-state index < -0.39 is 0 Å². The van der Waals surface area contributed by atoms with E-state index in [1.54, 1.807) is 18.2 Å². The van der Waals surface area contributed by atoms with Gasteiger partial charge in [0.15, 0.2) is 11.5 Å². The number of benzene rings is 1. The Morgan fingerprint density at radius 1 is 1.43 bits per heavy atom. The van der Waals surface area contributed by atoms with Crippen LogP contribution in [-0.4, -0.2) is 30.7 Å². The summed E-state index contributed by atoms with van der Waals surface area (Å²) < 4.78 is 5.03. The van der Waals surface area contributed by atoms with E-state index in [4.69, 9.17) is 10.5 Å². The summed E-state index contributed by atoms with van der Waals surface area (Å²) in [6, 6.07) is 4.85. The Hall–Kier alpha value is -1.75. The highest BCUT2D eigenvalue weighted by Crippen LogP contribution is 2.30. The number of ether oxygens (including phenoxy) is 1. The van der Waals surface area contributed by atoms with Crippen LogP contribution in [0.25, 0.3) is 0 Å². The van der Waals surface area contributed by atoms with Gasteiger partial charge in [-0.1, -0.05) is 25.3 Å². The van der Waals surface area contributed by atoms with Crippen LogP contribution in [0.2, 0.25) is 0 Å². The van der Waals surface area contributed by atoms with Crippen molar-refractivity contribution in [2.45, 2.75) is 38.1 Å². The van der Waals surface area contributed by atoms with E-state index in [-0.39, 0.29) is 23.3 Å². The van der Waals surface area contributed by atoms with Gasteiger partial charge in [0.25, 0.3) is 5.91 Å². The van der Waals surface area contributed by atoms with Crippen molar-refractivity contribution in [1.29, 1.82) is 0 Å². The summed E-state index contributed by atoms with van der Waals surface area (Å²) in [6.07, 6.45) is 5.86. The van der Waals surface area contributed by atoms with Crippen LogP contribution in [-0.2, 0) is 0 Å². The number of carbonyl (C=O) groups excluding carboxylic acids is 1. The number of phenols is 1. The van der Waals surface area contributed by atoms with Crippen molar-refractivity contribution < 1.29 is 14.6 Å². The van der Waals surface area contributed by atoms with Crippen molar-refractivity contribution >= 4 is 5.91 Å². The molecule has 4 N–H and O–H groups in total. The first-order valence-electron chi connectivity index (χ1n) is 7.54. The molecule has 5 heteroatoms. The quantitative estimate of drug-likeness (QED) is 0.775. The molecule has 0 aliphatic heterocycles. The minimum Gasteiger partial charge on any atom is -0.504 e. The number of nitrogens with one attached hydrogen (secondary N) is 1. The molecule has 1 atom stereocenters. The highest BCUT2D eigenvalue weighted by atomic mass is 16.5. The topological polar surface area (TPSA) is 84.6 Å². The summed E-state index contributed by atoms with van der Waals surface area (Å²) in [4.78, 5) is 12.4. The van der Waals surface area contributed by atoms with E-state index in [0.717, 1.165) is 12.8 Å². The van der Waals surface area contributed by atoms with Gasteiger partial charge in [-0.25, -0.2) is 0 Å². The number of para-hydroxylation sites is 1. The lowest BCUT2D eigenvalue weighted by molar-refractivity contribution is 0.0912. The van der Waals surface area contributed by atoms with Gasteiger partial charge in [-0.3, -0.25) is 4.79 Å². The van der Waals surface area contributed by atoms with Gasteiger partial charge < -0.3 is 20.9 Å². The normalized spacial score (nSPS) is 17.2. The molecule has 1 aliphatic rings. The maximum atomic E-state index is 12.4. The van der Waals surface area contributed by atoms with Gasteiger partial charge in [-0.15, -0.1) is 0 Å². The molecule has 1 fully saturated rings. The number of rotatable bonds is 5. The van der Waals surface area contributed by atoms with E-state index in [1.807, 2.05) is 0 Å². The van der Waals surface area contributed by atoms with Gasteiger partial charge in [0.1, 0.15) is 0 Å². The molecule has 0 saturated heterocycles. The standard InChI is InChI=1S/C16H24N2O3/c1-21-14-9-5-8-12(15(14)19)16(20)18-13(10-17)11-6-3-2-4-7-11/h5,8-9,11,13,19H,2-4,6-7,10,17H2,1H3,(H,18,20). The molecule has 116 valence electrons. The second-order valence-corrected chi connectivity index (χ2v) is 5.57. The molecule has 5 nitrogen and oxygen atoms in total. The molecular formula is C16H24N2O3. The molecule has 1 unspecified atom stereocenters. The van der Waals surface area contributed by atoms with Crippen LogP contribution in [0.1, 0.15) is 42.5 Å². The predicted molar refractivity (Wildman–Crippen MR) is 81.5 cm³/mol. The molecule has 0 aromatic heterocycles. The lowest BCUT2D eigenvalue weighted by Gasteiger charge is -2.30. The molecule has 1 aliphatic carbocycles. The first-order valence-corrected chi connectivity index (χ1v) is 7.54. The largest absolute Gasteiger partial charge is 0.504 e. The summed E-state index contributed by atoms with van der Waals surface area (Å²) >= 11 is 0. The van der Waals surface area contributed by atoms with Crippen LogP contribution < -0.4 is 15.8 Å². The Labute approximate surface area is 125 Å². The number of carbonyl (C=O) groups is 1. The second-order valence-electron chi connectivity index (χ2n) is 5.57. The van der Waals surface area contributed by atoms with Crippen LogP contribution in [0.4, 0.5) is 0 Å². The zero-order valence-electron chi connectivity index (χ0n) is 12.5. The number of phenolic OH excluding ortho intramolecular Hbond substituents is 1. The molecule has 1 aromatic rings. The monoisotopic (exact) mass is 292 g/mol. The third-order valence-corrected chi connectivity index (χ3v) is 4.25. The van der Waals surface area contributed by atoms with Crippen LogP contribution in [0.3, 0.4) is 0 Å². The van der Waals surface area contributed by atoms with Crippen LogP contribution >= 0.6 is 0 Å². The van der Waals surface area contributed by atoms with Gasteiger partial charge in [0.05, 0.1) is 12.7 Å². The van der Waals surface area contributed by atoms with Crippen LogP contribution in [0.15, 0.2) is 18.2 Å². The third kappa shape index (κ3) is 3.67. The Kier molecular flexibility index (Phi) is 5.44. The first kappa shape index (κ1) is 15.6. The highest BCUT2D eigenvalue weighted by molar-refractivity contribution is 5.97. The Morgan fingerprint density at radius 2 is 2.14 bits per heavy atom. The van der Waals surface area contributed by atoms with E-state index in [0.29, 0.717) is 18.2 Å². The molecule has 1 amide bonds. The maximum Gasteiger partial charge on any atom is 0.255 e. The van der Waals surface area contributed by atoms with Crippen molar-refractivity contribution in [3.05, 3.63) is 23.8 Å². The van der Waals surface area contributed by atoms with Gasteiger partial charge in [0, 0.05) is 12.6 Å². The van der Waals surface area contributed by atoms with Gasteiger partial charge in [-0.2, -0.15) is 0 Å². The molecule has 2 rings (SSSR count). The zero-order chi connectivity index (χ0) is 15.2. The smallest absolute Gasteiger partial charge is 0.255 e. The van der Waals surface area contributed by atoms with Gasteiger partial charge >= 0.3 is 0 Å². The lowest BCUT2D eigenvalue weighted by Crippen LogP contribution is -2.45. The average molecular weight is 292 g/mol. The summed E-state index contributed by atoms with van der Waals surface area (Å²) in [5, 5.41) is 13.0. The summed E-state index contributed by atoms with van der Waals surface area (Å²) in [7, 11) is 1.46. The number of hydrogen-bond donors (Lipinski definition) is 3. The molecule has 21 heavy (non-hydrogen) atoms. The summed E-state index contributed by atoms with van der Waals surface area (Å²) in [6.45, 7) is 0.418. The first-order chi connectivity index (χ1) is 10.2. The number of aromatic hydroxyl groups is 1. The fourth-order valence-electron chi connectivity index (χ4n) is 3.02.